The largest absolute Gasteiger partial charge is 0.396 e. The third-order valence-corrected chi connectivity index (χ3v) is 4.86. The van der Waals surface area contributed by atoms with Gasteiger partial charge in [-0.3, -0.25) is 4.57 Å². The van der Waals surface area contributed by atoms with Crippen molar-refractivity contribution in [1.29, 1.82) is 0 Å². The van der Waals surface area contributed by atoms with Crippen molar-refractivity contribution in [2.45, 2.75) is 51.4 Å². The van der Waals surface area contributed by atoms with E-state index in [-0.39, 0.29) is 13.2 Å². The highest BCUT2D eigenvalue weighted by Crippen LogP contribution is 2.42. The van der Waals surface area contributed by atoms with Gasteiger partial charge in [0.15, 0.2) is 0 Å². The first-order chi connectivity index (χ1) is 8.12. The summed E-state index contributed by atoms with van der Waals surface area (Å²) < 4.78 is 11.7. The van der Waals surface area contributed by atoms with Crippen LogP contribution in [0.15, 0.2) is 0 Å². The Morgan fingerprint density at radius 3 is 1.35 bits per heavy atom. The zero-order valence-electron chi connectivity index (χ0n) is 10.7. The number of unbranched alkanes of at least 4 members (excludes halogenated alkanes) is 6. The van der Waals surface area contributed by atoms with Gasteiger partial charge in [0.2, 0.25) is 7.37 Å². The van der Waals surface area contributed by atoms with Crippen LogP contribution in [0.2, 0.25) is 0 Å². The smallest absolute Gasteiger partial charge is 0.200 e. The molecule has 0 spiro atoms. The van der Waals surface area contributed by atoms with E-state index in [0.717, 1.165) is 51.4 Å². The zero-order chi connectivity index (χ0) is 13.0. The van der Waals surface area contributed by atoms with Gasteiger partial charge in [-0.1, -0.05) is 25.7 Å². The van der Waals surface area contributed by atoms with Gasteiger partial charge in [-0.15, -0.1) is 0 Å². The molecule has 0 amide bonds. The van der Waals surface area contributed by atoms with Crippen LogP contribution in [0, 0.1) is 0 Å². The molecule has 0 heterocycles. The van der Waals surface area contributed by atoms with Gasteiger partial charge in [-0.05, 0) is 25.7 Å². The van der Waals surface area contributed by atoms with E-state index in [0.29, 0.717) is 12.3 Å². The van der Waals surface area contributed by atoms with Gasteiger partial charge in [-0.2, -0.15) is 0 Å². The summed E-state index contributed by atoms with van der Waals surface area (Å²) in [4.78, 5) is 9.68. The minimum Gasteiger partial charge on any atom is -0.396 e. The van der Waals surface area contributed by atoms with Crippen LogP contribution in [-0.4, -0.2) is 40.6 Å². The van der Waals surface area contributed by atoms with Crippen molar-refractivity contribution in [2.75, 3.05) is 25.5 Å². The molecule has 0 radical (unpaired) electrons. The Morgan fingerprint density at radius 1 is 0.647 bits per heavy atom. The molecule has 0 saturated heterocycles. The summed E-state index contributed by atoms with van der Waals surface area (Å²) in [5, 5.41) is 17.2. The minimum atomic E-state index is -2.91. The predicted octanol–water partition coefficient (Wildman–Crippen LogP) is 2.36. The Morgan fingerprint density at radius 2 is 1.00 bits per heavy atom. The Labute approximate surface area is 105 Å². The summed E-state index contributed by atoms with van der Waals surface area (Å²) in [6.45, 7) is 0.420. The SMILES string of the molecule is O=P(O)(CCCCCCO)CCCCCCO. The molecule has 0 aliphatic heterocycles. The number of hydrogen-bond donors (Lipinski definition) is 3. The topological polar surface area (TPSA) is 77.8 Å². The van der Waals surface area contributed by atoms with Gasteiger partial charge >= 0.3 is 0 Å². The lowest BCUT2D eigenvalue weighted by molar-refractivity contribution is 0.283. The summed E-state index contributed by atoms with van der Waals surface area (Å²) in [5.74, 6) is 0. The molecule has 0 aromatic rings. The van der Waals surface area contributed by atoms with Crippen LogP contribution in [0.1, 0.15) is 51.4 Å². The van der Waals surface area contributed by atoms with Crippen molar-refractivity contribution in [1.82, 2.24) is 0 Å². The molecule has 4 nitrogen and oxygen atoms in total. The molecule has 5 heteroatoms. The standard InChI is InChI=1S/C12H27O4P/c13-9-5-1-3-7-11-17(15,16)12-8-4-2-6-10-14/h13-14H,1-12H2,(H,15,16). The monoisotopic (exact) mass is 266 g/mol. The Bertz CT molecular complexity index is 191. The normalized spacial score (nSPS) is 11.9. The second-order valence-electron chi connectivity index (χ2n) is 4.57. The van der Waals surface area contributed by atoms with Gasteiger partial charge in [0.1, 0.15) is 0 Å². The molecule has 17 heavy (non-hydrogen) atoms. The fraction of sp³-hybridized carbons (Fsp3) is 1.00. The van der Waals surface area contributed by atoms with Crippen molar-refractivity contribution in [2.24, 2.45) is 0 Å². The number of hydrogen-bond acceptors (Lipinski definition) is 3. The molecule has 0 saturated carbocycles. The maximum Gasteiger partial charge on any atom is 0.200 e. The molecule has 0 aliphatic carbocycles. The molecule has 0 aromatic heterocycles. The molecule has 0 aromatic carbocycles. The maximum absolute atomic E-state index is 11.7. The van der Waals surface area contributed by atoms with Gasteiger partial charge in [0, 0.05) is 25.5 Å². The number of aliphatic hydroxyl groups excluding tert-OH is 2. The van der Waals surface area contributed by atoms with E-state index in [1.807, 2.05) is 0 Å². The van der Waals surface area contributed by atoms with Gasteiger partial charge in [0.25, 0.3) is 0 Å². The van der Waals surface area contributed by atoms with Crippen molar-refractivity contribution < 1.29 is 19.7 Å². The van der Waals surface area contributed by atoms with E-state index < -0.39 is 7.37 Å². The van der Waals surface area contributed by atoms with E-state index in [4.69, 9.17) is 10.2 Å². The summed E-state index contributed by atoms with van der Waals surface area (Å²) >= 11 is 0. The Hall–Kier alpha value is 0.110. The van der Waals surface area contributed by atoms with Crippen molar-refractivity contribution in [3.63, 3.8) is 0 Å². The average molecular weight is 266 g/mol. The predicted molar refractivity (Wildman–Crippen MR) is 70.7 cm³/mol. The first kappa shape index (κ1) is 17.1. The molecule has 0 aliphatic rings. The number of rotatable bonds is 12. The fourth-order valence-electron chi connectivity index (χ4n) is 1.76. The van der Waals surface area contributed by atoms with Crippen LogP contribution in [0.25, 0.3) is 0 Å². The molecular formula is C12H27O4P. The molecule has 0 unspecified atom stereocenters. The van der Waals surface area contributed by atoms with E-state index in [9.17, 15) is 9.46 Å². The van der Waals surface area contributed by atoms with Gasteiger partial charge in [-0.25, -0.2) is 0 Å². The Balaban J connectivity index is 3.42. The van der Waals surface area contributed by atoms with Crippen LogP contribution in [0.4, 0.5) is 0 Å². The van der Waals surface area contributed by atoms with Crippen molar-refractivity contribution in [3.8, 4) is 0 Å². The minimum absolute atomic E-state index is 0.210. The lowest BCUT2D eigenvalue weighted by atomic mass is 10.2. The number of aliphatic hydroxyl groups is 2. The average Bonchev–Trinajstić information content (AvgIpc) is 2.28. The van der Waals surface area contributed by atoms with Gasteiger partial charge < -0.3 is 15.1 Å². The van der Waals surface area contributed by atoms with E-state index >= 15 is 0 Å². The highest BCUT2D eigenvalue weighted by atomic mass is 31.2. The summed E-state index contributed by atoms with van der Waals surface area (Å²) in [6, 6.07) is 0. The van der Waals surface area contributed by atoms with E-state index in [2.05, 4.69) is 0 Å². The second kappa shape index (κ2) is 11.2. The quantitative estimate of drug-likeness (QED) is 0.374. The zero-order valence-corrected chi connectivity index (χ0v) is 11.6. The molecule has 0 atom stereocenters. The van der Waals surface area contributed by atoms with E-state index in [1.165, 1.54) is 0 Å². The van der Waals surface area contributed by atoms with Crippen molar-refractivity contribution in [3.05, 3.63) is 0 Å². The molecule has 3 N–H and O–H groups in total. The maximum atomic E-state index is 11.7. The third kappa shape index (κ3) is 12.4. The summed E-state index contributed by atoms with van der Waals surface area (Å²) in [6.07, 6.45) is 7.70. The van der Waals surface area contributed by atoms with Crippen LogP contribution >= 0.6 is 7.37 Å². The van der Waals surface area contributed by atoms with E-state index in [1.54, 1.807) is 0 Å². The molecular weight excluding hydrogens is 239 g/mol. The van der Waals surface area contributed by atoms with Crippen LogP contribution in [-0.2, 0) is 4.57 Å². The molecule has 0 rings (SSSR count). The Kier molecular flexibility index (Phi) is 11.3. The lowest BCUT2D eigenvalue weighted by Gasteiger charge is -2.11. The summed E-state index contributed by atoms with van der Waals surface area (Å²) in [7, 11) is -2.91. The first-order valence-corrected chi connectivity index (χ1v) is 8.68. The van der Waals surface area contributed by atoms with Crippen LogP contribution in [0.5, 0.6) is 0 Å². The van der Waals surface area contributed by atoms with Gasteiger partial charge in [0.05, 0.1) is 0 Å². The highest BCUT2D eigenvalue weighted by molar-refractivity contribution is 7.57. The first-order valence-electron chi connectivity index (χ1n) is 6.65. The van der Waals surface area contributed by atoms with Crippen molar-refractivity contribution >= 4 is 7.37 Å². The summed E-state index contributed by atoms with van der Waals surface area (Å²) in [5.41, 5.74) is 0. The second-order valence-corrected chi connectivity index (χ2v) is 7.16. The fourth-order valence-corrected chi connectivity index (χ4v) is 3.42. The van der Waals surface area contributed by atoms with Crippen LogP contribution in [0.3, 0.4) is 0 Å². The van der Waals surface area contributed by atoms with Crippen LogP contribution < -0.4 is 0 Å². The molecule has 0 bridgehead atoms. The highest BCUT2D eigenvalue weighted by Gasteiger charge is 2.16. The molecule has 0 fully saturated rings. The lowest BCUT2D eigenvalue weighted by Crippen LogP contribution is -1.96. The molecule has 104 valence electrons. The third-order valence-electron chi connectivity index (χ3n) is 2.83.